The van der Waals surface area contributed by atoms with Crippen LogP contribution >= 0.6 is 0 Å². The second-order valence-corrected chi connectivity index (χ2v) is 5.87. The fourth-order valence-corrected chi connectivity index (χ4v) is 3.00. The molecule has 0 N–H and O–H groups in total. The van der Waals surface area contributed by atoms with Crippen molar-refractivity contribution in [3.8, 4) is 5.75 Å². The van der Waals surface area contributed by atoms with Crippen molar-refractivity contribution in [3.05, 3.63) is 65.7 Å². The van der Waals surface area contributed by atoms with Crippen LogP contribution in [0.3, 0.4) is 0 Å². The van der Waals surface area contributed by atoms with E-state index in [9.17, 15) is 0 Å². The van der Waals surface area contributed by atoms with Crippen LogP contribution in [-0.4, -0.2) is 7.11 Å². The van der Waals surface area contributed by atoms with Gasteiger partial charge >= 0.3 is 0 Å². The molecule has 0 amide bonds. The Morgan fingerprint density at radius 1 is 0.905 bits per heavy atom. The van der Waals surface area contributed by atoms with Crippen molar-refractivity contribution in [2.24, 2.45) is 5.92 Å². The molecule has 0 aliphatic heterocycles. The van der Waals surface area contributed by atoms with Gasteiger partial charge in [0.2, 0.25) is 0 Å². The number of hydrogen-bond donors (Lipinski definition) is 0. The normalized spacial score (nSPS) is 13.7. The lowest BCUT2D eigenvalue weighted by molar-refractivity contribution is 0.414. The molecule has 0 saturated heterocycles. The zero-order valence-corrected chi connectivity index (χ0v) is 13.4. The highest BCUT2D eigenvalue weighted by Crippen LogP contribution is 2.33. The summed E-state index contributed by atoms with van der Waals surface area (Å²) in [6.07, 6.45) is 3.74. The van der Waals surface area contributed by atoms with Gasteiger partial charge in [0.05, 0.1) is 7.11 Å². The second-order valence-electron chi connectivity index (χ2n) is 5.87. The summed E-state index contributed by atoms with van der Waals surface area (Å²) in [6.45, 7) is 4.63. The SMILES string of the molecule is CCCC(C)C[C@@H](c1ccccc1)c1ccc(OC)cc1. The minimum absolute atomic E-state index is 0.471. The molecular weight excluding hydrogens is 256 g/mol. The Morgan fingerprint density at radius 2 is 1.52 bits per heavy atom. The molecule has 0 aliphatic carbocycles. The molecule has 2 aromatic carbocycles. The van der Waals surface area contributed by atoms with Gasteiger partial charge in [-0.15, -0.1) is 0 Å². The molecule has 2 rings (SSSR count). The first-order valence-electron chi connectivity index (χ1n) is 7.93. The first kappa shape index (κ1) is 15.6. The molecule has 1 unspecified atom stereocenters. The summed E-state index contributed by atoms with van der Waals surface area (Å²) in [4.78, 5) is 0. The van der Waals surface area contributed by atoms with E-state index in [1.54, 1.807) is 7.11 Å². The summed E-state index contributed by atoms with van der Waals surface area (Å²) in [7, 11) is 1.72. The third-order valence-electron chi connectivity index (χ3n) is 4.14. The van der Waals surface area contributed by atoms with Crippen LogP contribution in [0.25, 0.3) is 0 Å². The third-order valence-corrected chi connectivity index (χ3v) is 4.14. The molecule has 2 aromatic rings. The predicted molar refractivity (Wildman–Crippen MR) is 90.0 cm³/mol. The summed E-state index contributed by atoms with van der Waals surface area (Å²) in [6, 6.07) is 19.4. The maximum absolute atomic E-state index is 5.27. The molecule has 0 heterocycles. The van der Waals surface area contributed by atoms with Gasteiger partial charge < -0.3 is 4.74 Å². The molecule has 0 radical (unpaired) electrons. The lowest BCUT2D eigenvalue weighted by Gasteiger charge is -2.22. The van der Waals surface area contributed by atoms with Gasteiger partial charge in [0.1, 0.15) is 5.75 Å². The van der Waals surface area contributed by atoms with E-state index in [4.69, 9.17) is 4.74 Å². The van der Waals surface area contributed by atoms with Gasteiger partial charge in [0.15, 0.2) is 0 Å². The highest BCUT2D eigenvalue weighted by Gasteiger charge is 2.17. The number of methoxy groups -OCH3 is 1. The lowest BCUT2D eigenvalue weighted by atomic mass is 9.83. The van der Waals surface area contributed by atoms with Gasteiger partial charge in [0, 0.05) is 5.92 Å². The zero-order chi connectivity index (χ0) is 15.1. The molecule has 0 spiro atoms. The molecule has 112 valence electrons. The summed E-state index contributed by atoms with van der Waals surface area (Å²) in [5, 5.41) is 0. The number of benzene rings is 2. The zero-order valence-electron chi connectivity index (χ0n) is 13.4. The minimum Gasteiger partial charge on any atom is -0.497 e. The van der Waals surface area contributed by atoms with E-state index in [-0.39, 0.29) is 0 Å². The number of ether oxygens (including phenoxy) is 1. The van der Waals surface area contributed by atoms with Crippen LogP contribution in [0.4, 0.5) is 0 Å². The molecule has 0 bridgehead atoms. The average Bonchev–Trinajstić information content (AvgIpc) is 2.54. The molecular formula is C20H26O. The first-order valence-corrected chi connectivity index (χ1v) is 7.93. The lowest BCUT2D eigenvalue weighted by Crippen LogP contribution is -2.07. The Labute approximate surface area is 129 Å². The van der Waals surface area contributed by atoms with E-state index in [1.807, 2.05) is 0 Å². The highest BCUT2D eigenvalue weighted by molar-refractivity contribution is 5.36. The maximum Gasteiger partial charge on any atom is 0.118 e. The third kappa shape index (κ3) is 4.35. The molecule has 2 atom stereocenters. The van der Waals surface area contributed by atoms with Crippen LogP contribution in [0.5, 0.6) is 5.75 Å². The molecule has 0 fully saturated rings. The maximum atomic E-state index is 5.27. The topological polar surface area (TPSA) is 9.23 Å². The van der Waals surface area contributed by atoms with Crippen LogP contribution in [0.2, 0.25) is 0 Å². The van der Waals surface area contributed by atoms with Crippen molar-refractivity contribution in [1.82, 2.24) is 0 Å². The summed E-state index contributed by atoms with van der Waals surface area (Å²) < 4.78 is 5.27. The van der Waals surface area contributed by atoms with Gasteiger partial charge in [-0.3, -0.25) is 0 Å². The quantitative estimate of drug-likeness (QED) is 0.637. The Bertz CT molecular complexity index is 515. The molecule has 0 saturated carbocycles. The largest absolute Gasteiger partial charge is 0.497 e. The highest BCUT2D eigenvalue weighted by atomic mass is 16.5. The van der Waals surface area contributed by atoms with Crippen molar-refractivity contribution in [1.29, 1.82) is 0 Å². The molecule has 0 aromatic heterocycles. The fourth-order valence-electron chi connectivity index (χ4n) is 3.00. The van der Waals surface area contributed by atoms with Gasteiger partial charge in [0.25, 0.3) is 0 Å². The van der Waals surface area contributed by atoms with Crippen LogP contribution in [0, 0.1) is 5.92 Å². The van der Waals surface area contributed by atoms with Gasteiger partial charge in [-0.25, -0.2) is 0 Å². The van der Waals surface area contributed by atoms with Crippen LogP contribution < -0.4 is 4.74 Å². The average molecular weight is 282 g/mol. The van der Waals surface area contributed by atoms with Crippen molar-refractivity contribution in [2.75, 3.05) is 7.11 Å². The van der Waals surface area contributed by atoms with Crippen LogP contribution in [0.15, 0.2) is 54.6 Å². The van der Waals surface area contributed by atoms with E-state index >= 15 is 0 Å². The Kier molecular flexibility index (Phi) is 5.86. The van der Waals surface area contributed by atoms with E-state index in [0.717, 1.165) is 11.7 Å². The minimum atomic E-state index is 0.471. The standard InChI is InChI=1S/C20H26O/c1-4-8-16(2)15-20(17-9-6-5-7-10-17)18-11-13-19(21-3)14-12-18/h5-7,9-14,16,20H,4,8,15H2,1-3H3/t16?,20-/m0/s1. The molecule has 1 heteroatoms. The Balaban J connectivity index is 2.26. The summed E-state index contributed by atoms with van der Waals surface area (Å²) in [5.74, 6) is 2.13. The van der Waals surface area contributed by atoms with Crippen LogP contribution in [0.1, 0.15) is 50.2 Å². The smallest absolute Gasteiger partial charge is 0.118 e. The van der Waals surface area contributed by atoms with E-state index in [1.165, 1.54) is 30.4 Å². The molecule has 0 aliphatic rings. The summed E-state index contributed by atoms with van der Waals surface area (Å²) >= 11 is 0. The second kappa shape index (κ2) is 7.87. The Morgan fingerprint density at radius 3 is 2.10 bits per heavy atom. The molecule has 21 heavy (non-hydrogen) atoms. The Hall–Kier alpha value is -1.76. The van der Waals surface area contributed by atoms with Crippen molar-refractivity contribution in [2.45, 2.75) is 39.0 Å². The van der Waals surface area contributed by atoms with Gasteiger partial charge in [-0.1, -0.05) is 69.2 Å². The van der Waals surface area contributed by atoms with E-state index < -0.39 is 0 Å². The fraction of sp³-hybridized carbons (Fsp3) is 0.400. The van der Waals surface area contributed by atoms with Gasteiger partial charge in [-0.2, -0.15) is 0 Å². The van der Waals surface area contributed by atoms with Crippen molar-refractivity contribution in [3.63, 3.8) is 0 Å². The predicted octanol–water partition coefficient (Wildman–Crippen LogP) is 5.65. The van der Waals surface area contributed by atoms with Gasteiger partial charge in [-0.05, 0) is 35.6 Å². The number of rotatable bonds is 7. The number of hydrogen-bond acceptors (Lipinski definition) is 1. The van der Waals surface area contributed by atoms with E-state index in [0.29, 0.717) is 5.92 Å². The van der Waals surface area contributed by atoms with E-state index in [2.05, 4.69) is 68.4 Å². The van der Waals surface area contributed by atoms with Crippen molar-refractivity contribution >= 4 is 0 Å². The van der Waals surface area contributed by atoms with Crippen LogP contribution in [-0.2, 0) is 0 Å². The molecule has 1 nitrogen and oxygen atoms in total. The first-order chi connectivity index (χ1) is 10.2. The monoisotopic (exact) mass is 282 g/mol. The van der Waals surface area contributed by atoms with Crippen molar-refractivity contribution < 1.29 is 4.74 Å². The summed E-state index contributed by atoms with van der Waals surface area (Å²) in [5.41, 5.74) is 2.79.